The normalized spacial score (nSPS) is 11.8. The van der Waals surface area contributed by atoms with Gasteiger partial charge in [0.25, 0.3) is 0 Å². The van der Waals surface area contributed by atoms with Crippen molar-refractivity contribution < 1.29 is 8.83 Å². The van der Waals surface area contributed by atoms with Gasteiger partial charge >= 0.3 is 0 Å². The molecular formula is C58H35N3O2. The largest absolute Gasteiger partial charge is 0.455 e. The summed E-state index contributed by atoms with van der Waals surface area (Å²) in [6.45, 7) is 0. The molecule has 13 aromatic rings. The molecule has 0 saturated heterocycles. The van der Waals surface area contributed by atoms with Crippen LogP contribution in [0.1, 0.15) is 0 Å². The molecule has 5 nitrogen and oxygen atoms in total. The molecule has 0 bridgehead atoms. The second kappa shape index (κ2) is 14.0. The molecule has 13 rings (SSSR count). The molecule has 294 valence electrons. The summed E-state index contributed by atoms with van der Waals surface area (Å²) in [5.74, 6) is 0.644. The summed E-state index contributed by atoms with van der Waals surface area (Å²) in [5, 5.41) is 6.81. The Balaban J connectivity index is 1.02. The number of furan rings is 2. The van der Waals surface area contributed by atoms with Crippen molar-refractivity contribution in [3.8, 4) is 61.8 Å². The zero-order valence-electron chi connectivity index (χ0n) is 33.9. The summed E-state index contributed by atoms with van der Waals surface area (Å²) in [6, 6.07) is 74.3. The molecule has 4 aromatic heterocycles. The first-order valence-corrected chi connectivity index (χ1v) is 21.2. The third-order valence-corrected chi connectivity index (χ3v) is 12.4. The molecule has 0 amide bonds. The maximum atomic E-state index is 6.63. The lowest BCUT2D eigenvalue weighted by molar-refractivity contribution is 0.670. The minimum Gasteiger partial charge on any atom is -0.455 e. The van der Waals surface area contributed by atoms with Gasteiger partial charge in [-0.1, -0.05) is 140 Å². The van der Waals surface area contributed by atoms with Crippen molar-refractivity contribution in [2.45, 2.75) is 0 Å². The van der Waals surface area contributed by atoms with Crippen LogP contribution in [0.15, 0.2) is 221 Å². The van der Waals surface area contributed by atoms with Gasteiger partial charge in [-0.3, -0.25) is 0 Å². The monoisotopic (exact) mass is 805 g/mol. The van der Waals surface area contributed by atoms with Crippen LogP contribution in [-0.2, 0) is 0 Å². The van der Waals surface area contributed by atoms with Gasteiger partial charge in [0.15, 0.2) is 5.82 Å². The van der Waals surface area contributed by atoms with Gasteiger partial charge in [-0.25, -0.2) is 9.97 Å². The van der Waals surface area contributed by atoms with E-state index in [-0.39, 0.29) is 0 Å². The molecule has 0 unspecified atom stereocenters. The lowest BCUT2D eigenvalue weighted by atomic mass is 9.93. The van der Waals surface area contributed by atoms with E-state index in [0.29, 0.717) is 5.82 Å². The standard InChI is InChI=1S/C58H35N3O2/c1-2-14-36(15-3-1)50-35-51(60-58(59-50)37-28-30-41(31-29-37)61-52-24-8-4-16-44(52)45-17-5-9-25-53(45)61)40-33-38(42-20-12-22-48-46-18-6-10-26-54(46)62-56(42)48)32-39(34-40)43-21-13-23-49-47-19-7-11-27-55(47)63-57(43)49/h1-35H. The first-order valence-electron chi connectivity index (χ1n) is 21.2. The third kappa shape index (κ3) is 5.71. The minimum atomic E-state index is 0.644. The maximum Gasteiger partial charge on any atom is 0.160 e. The van der Waals surface area contributed by atoms with Crippen LogP contribution < -0.4 is 0 Å². The van der Waals surface area contributed by atoms with Crippen LogP contribution in [0.5, 0.6) is 0 Å². The van der Waals surface area contributed by atoms with Gasteiger partial charge in [0.05, 0.1) is 22.4 Å². The molecule has 0 aliphatic rings. The Labute approximate surface area is 361 Å². The van der Waals surface area contributed by atoms with Gasteiger partial charge in [0, 0.05) is 65.8 Å². The molecule has 0 aliphatic carbocycles. The quantitative estimate of drug-likeness (QED) is 0.168. The Bertz CT molecular complexity index is 3730. The van der Waals surface area contributed by atoms with Crippen molar-refractivity contribution in [1.82, 2.24) is 14.5 Å². The number of para-hydroxylation sites is 6. The molecule has 0 radical (unpaired) electrons. The van der Waals surface area contributed by atoms with Crippen LogP contribution in [0, 0.1) is 0 Å². The van der Waals surface area contributed by atoms with Crippen LogP contribution >= 0.6 is 0 Å². The van der Waals surface area contributed by atoms with Gasteiger partial charge < -0.3 is 13.4 Å². The Morgan fingerprint density at radius 2 is 0.778 bits per heavy atom. The van der Waals surface area contributed by atoms with E-state index >= 15 is 0 Å². The third-order valence-electron chi connectivity index (χ3n) is 12.4. The first kappa shape index (κ1) is 35.2. The highest BCUT2D eigenvalue weighted by Crippen LogP contribution is 2.42. The fourth-order valence-corrected chi connectivity index (χ4v) is 9.48. The van der Waals surface area contributed by atoms with E-state index in [1.54, 1.807) is 0 Å². The highest BCUT2D eigenvalue weighted by molar-refractivity contribution is 6.12. The van der Waals surface area contributed by atoms with Crippen molar-refractivity contribution in [2.75, 3.05) is 0 Å². The Morgan fingerprint density at radius 3 is 1.35 bits per heavy atom. The molecule has 0 N–H and O–H groups in total. The van der Waals surface area contributed by atoms with Crippen molar-refractivity contribution in [1.29, 1.82) is 0 Å². The van der Waals surface area contributed by atoms with E-state index in [0.717, 1.165) is 99.9 Å². The van der Waals surface area contributed by atoms with Crippen LogP contribution in [0.25, 0.3) is 128 Å². The number of nitrogens with zero attached hydrogens (tertiary/aromatic N) is 3. The van der Waals surface area contributed by atoms with Crippen molar-refractivity contribution in [2.24, 2.45) is 0 Å². The highest BCUT2D eigenvalue weighted by atomic mass is 16.3. The first-order chi connectivity index (χ1) is 31.2. The number of hydrogen-bond donors (Lipinski definition) is 0. The number of benzene rings is 9. The second-order valence-corrected chi connectivity index (χ2v) is 16.1. The van der Waals surface area contributed by atoms with Crippen LogP contribution in [0.4, 0.5) is 0 Å². The van der Waals surface area contributed by atoms with Gasteiger partial charge in [0.1, 0.15) is 22.3 Å². The van der Waals surface area contributed by atoms with Crippen molar-refractivity contribution in [3.05, 3.63) is 212 Å². The molecule has 0 aliphatic heterocycles. The minimum absolute atomic E-state index is 0.644. The van der Waals surface area contributed by atoms with Crippen LogP contribution in [0.2, 0.25) is 0 Å². The zero-order chi connectivity index (χ0) is 41.4. The summed E-state index contributed by atoms with van der Waals surface area (Å²) in [6.07, 6.45) is 0. The van der Waals surface area contributed by atoms with Crippen LogP contribution in [-0.4, -0.2) is 14.5 Å². The smallest absolute Gasteiger partial charge is 0.160 e. The molecular weight excluding hydrogens is 771 g/mol. The fraction of sp³-hybridized carbons (Fsp3) is 0. The summed E-state index contributed by atoms with van der Waals surface area (Å²) < 4.78 is 15.6. The van der Waals surface area contributed by atoms with E-state index in [1.165, 1.54) is 21.8 Å². The predicted molar refractivity (Wildman–Crippen MR) is 258 cm³/mol. The summed E-state index contributed by atoms with van der Waals surface area (Å²) in [4.78, 5) is 10.6. The lowest BCUT2D eigenvalue weighted by Crippen LogP contribution is -1.98. The second-order valence-electron chi connectivity index (χ2n) is 16.1. The van der Waals surface area contributed by atoms with Gasteiger partial charge in [-0.05, 0) is 83.9 Å². The molecule has 0 atom stereocenters. The van der Waals surface area contributed by atoms with Crippen molar-refractivity contribution in [3.63, 3.8) is 0 Å². The molecule has 0 saturated carbocycles. The van der Waals surface area contributed by atoms with E-state index in [9.17, 15) is 0 Å². The summed E-state index contributed by atoms with van der Waals surface area (Å²) in [5.41, 5.74) is 15.4. The Morgan fingerprint density at radius 1 is 0.317 bits per heavy atom. The Kier molecular flexibility index (Phi) is 7.84. The topological polar surface area (TPSA) is 57.0 Å². The molecule has 9 aromatic carbocycles. The number of aromatic nitrogens is 3. The number of fused-ring (bicyclic) bond motifs is 9. The average molecular weight is 806 g/mol. The van der Waals surface area contributed by atoms with Gasteiger partial charge in [0.2, 0.25) is 0 Å². The average Bonchev–Trinajstić information content (AvgIpc) is 4.04. The number of hydrogen-bond acceptors (Lipinski definition) is 4. The van der Waals surface area contributed by atoms with E-state index in [1.807, 2.05) is 30.3 Å². The van der Waals surface area contributed by atoms with Gasteiger partial charge in [-0.15, -0.1) is 0 Å². The maximum absolute atomic E-state index is 6.63. The Hall–Kier alpha value is -8.54. The molecule has 0 fully saturated rings. The van der Waals surface area contributed by atoms with E-state index in [2.05, 4.69) is 187 Å². The molecule has 0 spiro atoms. The van der Waals surface area contributed by atoms with Gasteiger partial charge in [-0.2, -0.15) is 0 Å². The fourth-order valence-electron chi connectivity index (χ4n) is 9.48. The molecule has 4 heterocycles. The summed E-state index contributed by atoms with van der Waals surface area (Å²) >= 11 is 0. The molecule has 63 heavy (non-hydrogen) atoms. The van der Waals surface area contributed by atoms with E-state index < -0.39 is 0 Å². The van der Waals surface area contributed by atoms with Crippen molar-refractivity contribution >= 4 is 65.7 Å². The SMILES string of the molecule is c1ccc(-c2cc(-c3cc(-c4cccc5c4oc4ccccc45)cc(-c4cccc5c4oc4ccccc45)c3)nc(-c3ccc(-n4c5ccccc5c5ccccc54)cc3)n2)cc1. The summed E-state index contributed by atoms with van der Waals surface area (Å²) in [7, 11) is 0. The van der Waals surface area contributed by atoms with Crippen LogP contribution in [0.3, 0.4) is 0 Å². The lowest BCUT2D eigenvalue weighted by Gasteiger charge is -2.14. The zero-order valence-corrected chi connectivity index (χ0v) is 33.9. The highest BCUT2D eigenvalue weighted by Gasteiger charge is 2.20. The molecule has 5 heteroatoms. The predicted octanol–water partition coefficient (Wildman–Crippen LogP) is 15.7. The number of rotatable bonds is 6. The van der Waals surface area contributed by atoms with E-state index in [4.69, 9.17) is 18.8 Å².